The van der Waals surface area contributed by atoms with E-state index >= 15 is 0 Å². The molecule has 2 N–H and O–H groups in total. The molecule has 112 valence electrons. The van der Waals surface area contributed by atoms with Gasteiger partial charge in [0.05, 0.1) is 11.4 Å². The fourth-order valence-corrected chi connectivity index (χ4v) is 2.33. The number of nitrogens with one attached hydrogen (secondary N) is 1. The lowest BCUT2D eigenvalue weighted by molar-refractivity contribution is -0.113. The third kappa shape index (κ3) is 4.26. The fourth-order valence-electron chi connectivity index (χ4n) is 1.58. The van der Waals surface area contributed by atoms with Gasteiger partial charge in [-0.05, 0) is 12.1 Å². The van der Waals surface area contributed by atoms with E-state index in [4.69, 9.17) is 4.52 Å². The van der Waals surface area contributed by atoms with Crippen LogP contribution < -0.4 is 5.32 Å². The standard InChI is InChI=1S/C15H18N2O3S/c1-15(2,3)12-8-14(20-17-12)16-13(19)9-21-11-7-5-4-6-10(11)18/h4-8,18H,9H2,1-3H3,(H,16,19). The second kappa shape index (κ2) is 6.22. The topological polar surface area (TPSA) is 75.4 Å². The zero-order valence-electron chi connectivity index (χ0n) is 12.2. The lowest BCUT2D eigenvalue weighted by Gasteiger charge is -2.12. The normalized spacial score (nSPS) is 11.4. The van der Waals surface area contributed by atoms with Crippen molar-refractivity contribution in [2.75, 3.05) is 11.1 Å². The minimum absolute atomic E-state index is 0.128. The molecule has 5 nitrogen and oxygen atoms in total. The predicted molar refractivity (Wildman–Crippen MR) is 82.7 cm³/mol. The van der Waals surface area contributed by atoms with Crippen molar-refractivity contribution in [1.82, 2.24) is 5.16 Å². The van der Waals surface area contributed by atoms with Gasteiger partial charge in [-0.25, -0.2) is 0 Å². The molecule has 1 amide bonds. The molecule has 2 aromatic rings. The highest BCUT2D eigenvalue weighted by Gasteiger charge is 2.19. The number of hydrogen-bond acceptors (Lipinski definition) is 5. The molecule has 0 unspecified atom stereocenters. The molecule has 0 aliphatic carbocycles. The molecule has 0 saturated heterocycles. The van der Waals surface area contributed by atoms with Crippen LogP contribution in [0.4, 0.5) is 5.88 Å². The summed E-state index contributed by atoms with van der Waals surface area (Å²) in [6.45, 7) is 6.06. The maximum Gasteiger partial charge on any atom is 0.237 e. The lowest BCUT2D eigenvalue weighted by Crippen LogP contribution is -2.14. The highest BCUT2D eigenvalue weighted by molar-refractivity contribution is 8.00. The molecule has 0 aliphatic rings. The van der Waals surface area contributed by atoms with Crippen LogP contribution in [0.3, 0.4) is 0 Å². The first-order valence-corrected chi connectivity index (χ1v) is 7.52. The number of amides is 1. The van der Waals surface area contributed by atoms with Gasteiger partial charge in [-0.2, -0.15) is 0 Å². The number of para-hydroxylation sites is 1. The molecule has 0 radical (unpaired) electrons. The van der Waals surface area contributed by atoms with Crippen LogP contribution in [-0.4, -0.2) is 21.9 Å². The summed E-state index contributed by atoms with van der Waals surface area (Å²) in [5, 5.41) is 16.2. The summed E-state index contributed by atoms with van der Waals surface area (Å²) in [5.74, 6) is 0.482. The number of phenolic OH excluding ortho intramolecular Hbond substituents is 1. The number of hydrogen-bond donors (Lipinski definition) is 2. The second-order valence-corrected chi connectivity index (χ2v) is 6.65. The van der Waals surface area contributed by atoms with E-state index < -0.39 is 0 Å². The van der Waals surface area contributed by atoms with E-state index in [1.54, 1.807) is 24.3 Å². The summed E-state index contributed by atoms with van der Waals surface area (Å²) >= 11 is 1.26. The van der Waals surface area contributed by atoms with E-state index in [-0.39, 0.29) is 22.8 Å². The van der Waals surface area contributed by atoms with E-state index in [0.29, 0.717) is 10.8 Å². The lowest BCUT2D eigenvalue weighted by atomic mass is 9.92. The largest absolute Gasteiger partial charge is 0.507 e. The number of phenols is 1. The van der Waals surface area contributed by atoms with Crippen molar-refractivity contribution < 1.29 is 14.4 Å². The average molecular weight is 306 g/mol. The number of carbonyl (C=O) groups excluding carboxylic acids is 1. The molecule has 1 heterocycles. The van der Waals surface area contributed by atoms with Crippen molar-refractivity contribution in [3.63, 3.8) is 0 Å². The van der Waals surface area contributed by atoms with Crippen molar-refractivity contribution >= 4 is 23.6 Å². The van der Waals surface area contributed by atoms with Crippen LogP contribution in [0.15, 0.2) is 39.8 Å². The number of nitrogens with zero attached hydrogens (tertiary/aromatic N) is 1. The van der Waals surface area contributed by atoms with Crippen LogP contribution in [-0.2, 0) is 10.2 Å². The zero-order chi connectivity index (χ0) is 15.5. The van der Waals surface area contributed by atoms with Gasteiger partial charge in [0.1, 0.15) is 5.75 Å². The van der Waals surface area contributed by atoms with Gasteiger partial charge in [-0.1, -0.05) is 38.1 Å². The Morgan fingerprint density at radius 3 is 2.71 bits per heavy atom. The summed E-state index contributed by atoms with van der Waals surface area (Å²) in [4.78, 5) is 12.5. The molecule has 21 heavy (non-hydrogen) atoms. The van der Waals surface area contributed by atoms with E-state index in [1.165, 1.54) is 11.8 Å². The quantitative estimate of drug-likeness (QED) is 0.847. The first-order valence-electron chi connectivity index (χ1n) is 6.54. The Hall–Kier alpha value is -1.95. The number of aromatic nitrogens is 1. The van der Waals surface area contributed by atoms with E-state index in [2.05, 4.69) is 10.5 Å². The molecular formula is C15H18N2O3S. The highest BCUT2D eigenvalue weighted by atomic mass is 32.2. The van der Waals surface area contributed by atoms with Crippen molar-refractivity contribution in [3.8, 4) is 5.75 Å². The molecule has 0 fully saturated rings. The highest BCUT2D eigenvalue weighted by Crippen LogP contribution is 2.28. The van der Waals surface area contributed by atoms with E-state index in [0.717, 1.165) is 5.69 Å². The van der Waals surface area contributed by atoms with Crippen LogP contribution in [0.2, 0.25) is 0 Å². The minimum atomic E-state index is -0.208. The van der Waals surface area contributed by atoms with Gasteiger partial charge in [0.25, 0.3) is 0 Å². The van der Waals surface area contributed by atoms with Gasteiger partial charge in [-0.3, -0.25) is 10.1 Å². The summed E-state index contributed by atoms with van der Waals surface area (Å²) < 4.78 is 5.10. The Kier molecular flexibility index (Phi) is 4.57. The van der Waals surface area contributed by atoms with E-state index in [1.807, 2.05) is 26.8 Å². The minimum Gasteiger partial charge on any atom is -0.507 e. The Bertz CT molecular complexity index is 632. The smallest absolute Gasteiger partial charge is 0.237 e. The molecule has 6 heteroatoms. The van der Waals surface area contributed by atoms with Gasteiger partial charge in [0.15, 0.2) is 0 Å². The molecule has 1 aromatic carbocycles. The third-order valence-corrected chi connectivity index (χ3v) is 3.83. The number of carbonyl (C=O) groups is 1. The SMILES string of the molecule is CC(C)(C)c1cc(NC(=O)CSc2ccccc2O)on1. The fraction of sp³-hybridized carbons (Fsp3) is 0.333. The van der Waals surface area contributed by atoms with Crippen LogP contribution in [0.5, 0.6) is 5.75 Å². The van der Waals surface area contributed by atoms with Gasteiger partial charge in [-0.15, -0.1) is 11.8 Å². The molecule has 0 bridgehead atoms. The Labute approximate surface area is 127 Å². The Morgan fingerprint density at radius 1 is 1.38 bits per heavy atom. The van der Waals surface area contributed by atoms with E-state index in [9.17, 15) is 9.90 Å². The molecule has 0 aliphatic heterocycles. The average Bonchev–Trinajstić information content (AvgIpc) is 2.86. The summed E-state index contributed by atoms with van der Waals surface area (Å²) in [6, 6.07) is 8.63. The number of benzene rings is 1. The zero-order valence-corrected chi connectivity index (χ0v) is 13.0. The number of rotatable bonds is 4. The first-order chi connectivity index (χ1) is 9.86. The Morgan fingerprint density at radius 2 is 2.10 bits per heavy atom. The number of anilines is 1. The molecule has 1 aromatic heterocycles. The van der Waals surface area contributed by atoms with Crippen molar-refractivity contribution in [3.05, 3.63) is 36.0 Å². The first kappa shape index (κ1) is 15.4. The molecule has 0 saturated carbocycles. The van der Waals surface area contributed by atoms with Gasteiger partial charge >= 0.3 is 0 Å². The second-order valence-electron chi connectivity index (χ2n) is 5.63. The maximum atomic E-state index is 11.9. The molecule has 0 atom stereocenters. The van der Waals surface area contributed by atoms with Crippen LogP contribution >= 0.6 is 11.8 Å². The van der Waals surface area contributed by atoms with Crippen LogP contribution in [0.25, 0.3) is 0 Å². The summed E-state index contributed by atoms with van der Waals surface area (Å²) in [6.07, 6.45) is 0. The Balaban J connectivity index is 1.90. The van der Waals surface area contributed by atoms with Crippen molar-refractivity contribution in [1.29, 1.82) is 0 Å². The maximum absolute atomic E-state index is 11.9. The predicted octanol–water partition coefficient (Wildman–Crippen LogP) is 3.41. The van der Waals surface area contributed by atoms with Crippen molar-refractivity contribution in [2.45, 2.75) is 31.1 Å². The van der Waals surface area contributed by atoms with Crippen molar-refractivity contribution in [2.24, 2.45) is 0 Å². The molecule has 0 spiro atoms. The molecule has 2 rings (SSSR count). The van der Waals surface area contributed by atoms with Gasteiger partial charge in [0.2, 0.25) is 11.8 Å². The van der Waals surface area contributed by atoms with Crippen LogP contribution in [0, 0.1) is 0 Å². The number of aromatic hydroxyl groups is 1. The summed E-state index contributed by atoms with van der Waals surface area (Å²) in [7, 11) is 0. The monoisotopic (exact) mass is 306 g/mol. The van der Waals surface area contributed by atoms with Gasteiger partial charge < -0.3 is 9.63 Å². The van der Waals surface area contributed by atoms with Gasteiger partial charge in [0, 0.05) is 16.4 Å². The third-order valence-electron chi connectivity index (χ3n) is 2.77. The number of thioether (sulfide) groups is 1. The van der Waals surface area contributed by atoms with Crippen LogP contribution in [0.1, 0.15) is 26.5 Å². The summed E-state index contributed by atoms with van der Waals surface area (Å²) in [5.41, 5.74) is 0.656. The molecular weight excluding hydrogens is 288 g/mol.